The predicted molar refractivity (Wildman–Crippen MR) is 111 cm³/mol. The molecule has 2 rings (SSSR count). The maximum atomic E-state index is 14.4. The van der Waals surface area contributed by atoms with Crippen LogP contribution < -0.4 is 4.90 Å². The third kappa shape index (κ3) is 4.62. The molecule has 0 aliphatic carbocycles. The van der Waals surface area contributed by atoms with Crippen LogP contribution in [-0.2, 0) is 10.7 Å². The molecule has 0 saturated carbocycles. The molecule has 0 radical (unpaired) electrons. The average Bonchev–Trinajstić information content (AvgIpc) is 2.73. The minimum absolute atomic E-state index is 0.127. The SMILES string of the molecule is C=CC(F)(F)c1cc(N(C(C)c2ccccc2)[C@@H](C)C(=O)N(C)C)ccc1C#N. The summed E-state index contributed by atoms with van der Waals surface area (Å²) >= 11 is 0. The molecule has 0 spiro atoms. The number of rotatable bonds is 7. The van der Waals surface area contributed by atoms with E-state index in [9.17, 15) is 18.8 Å². The van der Waals surface area contributed by atoms with E-state index in [1.807, 2.05) is 43.3 Å². The van der Waals surface area contributed by atoms with Crippen molar-refractivity contribution in [3.8, 4) is 6.07 Å². The van der Waals surface area contributed by atoms with Crippen molar-refractivity contribution >= 4 is 11.6 Å². The van der Waals surface area contributed by atoms with Crippen molar-refractivity contribution in [2.75, 3.05) is 19.0 Å². The fourth-order valence-electron chi connectivity index (χ4n) is 3.34. The summed E-state index contributed by atoms with van der Waals surface area (Å²) in [5.74, 6) is -3.52. The Balaban J connectivity index is 2.66. The highest BCUT2D eigenvalue weighted by atomic mass is 19.3. The van der Waals surface area contributed by atoms with Gasteiger partial charge in [-0.2, -0.15) is 14.0 Å². The fourth-order valence-corrected chi connectivity index (χ4v) is 3.34. The highest BCUT2D eigenvalue weighted by molar-refractivity contribution is 5.85. The second kappa shape index (κ2) is 8.87. The molecule has 29 heavy (non-hydrogen) atoms. The number of carbonyl (C=O) groups excluding carboxylic acids is 1. The Morgan fingerprint density at radius 1 is 1.17 bits per heavy atom. The molecule has 0 N–H and O–H groups in total. The van der Waals surface area contributed by atoms with Gasteiger partial charge in [0, 0.05) is 25.3 Å². The molecule has 0 saturated heterocycles. The summed E-state index contributed by atoms with van der Waals surface area (Å²) in [6.07, 6.45) is 0.520. The summed E-state index contributed by atoms with van der Waals surface area (Å²) in [5, 5.41) is 9.27. The van der Waals surface area contributed by atoms with Crippen molar-refractivity contribution in [3.63, 3.8) is 0 Å². The number of likely N-dealkylation sites (N-methyl/N-ethyl adjacent to an activating group) is 1. The number of benzene rings is 2. The lowest BCUT2D eigenvalue weighted by Crippen LogP contribution is -2.46. The summed E-state index contributed by atoms with van der Waals surface area (Å²) in [7, 11) is 3.31. The van der Waals surface area contributed by atoms with E-state index < -0.39 is 17.5 Å². The van der Waals surface area contributed by atoms with Gasteiger partial charge in [-0.05, 0) is 43.7 Å². The topological polar surface area (TPSA) is 47.3 Å². The van der Waals surface area contributed by atoms with Crippen molar-refractivity contribution in [2.24, 2.45) is 0 Å². The summed E-state index contributed by atoms with van der Waals surface area (Å²) in [5.41, 5.74) is 0.812. The van der Waals surface area contributed by atoms with Gasteiger partial charge in [0.15, 0.2) is 0 Å². The second-order valence-electron chi connectivity index (χ2n) is 7.07. The van der Waals surface area contributed by atoms with Crippen LogP contribution in [0.1, 0.15) is 36.6 Å². The van der Waals surface area contributed by atoms with Crippen molar-refractivity contribution in [2.45, 2.75) is 31.9 Å². The number of anilines is 1. The monoisotopic (exact) mass is 397 g/mol. The molecular weight excluding hydrogens is 372 g/mol. The molecule has 2 aromatic carbocycles. The third-order valence-electron chi connectivity index (χ3n) is 4.95. The number of amides is 1. The van der Waals surface area contributed by atoms with Crippen molar-refractivity contribution < 1.29 is 13.6 Å². The van der Waals surface area contributed by atoms with Gasteiger partial charge in [0.2, 0.25) is 5.91 Å². The highest BCUT2D eigenvalue weighted by Gasteiger charge is 2.33. The summed E-state index contributed by atoms with van der Waals surface area (Å²) in [6, 6.07) is 14.7. The maximum Gasteiger partial charge on any atom is 0.292 e. The molecule has 0 bridgehead atoms. The lowest BCUT2D eigenvalue weighted by Gasteiger charge is -2.37. The number of nitrogens with zero attached hydrogens (tertiary/aromatic N) is 3. The minimum Gasteiger partial charge on any atom is -0.353 e. The first kappa shape index (κ1) is 22.1. The van der Waals surface area contributed by atoms with E-state index in [1.54, 1.807) is 32.0 Å². The van der Waals surface area contributed by atoms with Gasteiger partial charge in [0.1, 0.15) is 6.04 Å². The Morgan fingerprint density at radius 3 is 2.31 bits per heavy atom. The number of alkyl halides is 2. The van der Waals surface area contributed by atoms with Crippen LogP contribution >= 0.6 is 0 Å². The largest absolute Gasteiger partial charge is 0.353 e. The molecule has 1 unspecified atom stereocenters. The third-order valence-corrected chi connectivity index (χ3v) is 4.95. The zero-order valence-electron chi connectivity index (χ0n) is 17.1. The Bertz CT molecular complexity index is 919. The van der Waals surface area contributed by atoms with Crippen LogP contribution in [-0.4, -0.2) is 30.9 Å². The van der Waals surface area contributed by atoms with Gasteiger partial charge in [0.25, 0.3) is 5.92 Å². The molecule has 6 heteroatoms. The molecular formula is C23H25F2N3O. The van der Waals surface area contributed by atoms with Crippen molar-refractivity contribution in [1.82, 2.24) is 4.90 Å². The van der Waals surface area contributed by atoms with Crippen LogP contribution in [0.3, 0.4) is 0 Å². The van der Waals surface area contributed by atoms with Crippen molar-refractivity contribution in [3.05, 3.63) is 77.9 Å². The molecule has 0 aromatic heterocycles. The van der Waals surface area contributed by atoms with Gasteiger partial charge >= 0.3 is 0 Å². The Hall–Kier alpha value is -3.20. The van der Waals surface area contributed by atoms with E-state index in [4.69, 9.17) is 0 Å². The van der Waals surface area contributed by atoms with Crippen LogP contribution in [0.2, 0.25) is 0 Å². The maximum absolute atomic E-state index is 14.4. The Morgan fingerprint density at radius 2 is 1.79 bits per heavy atom. The second-order valence-corrected chi connectivity index (χ2v) is 7.07. The molecule has 2 atom stereocenters. The first-order chi connectivity index (χ1) is 13.6. The van der Waals surface area contributed by atoms with Gasteiger partial charge in [-0.25, -0.2) is 0 Å². The molecule has 2 aromatic rings. The van der Waals surface area contributed by atoms with Crippen LogP contribution in [0.15, 0.2) is 61.2 Å². The molecule has 1 amide bonds. The lowest BCUT2D eigenvalue weighted by atomic mass is 9.98. The molecule has 0 aliphatic heterocycles. The predicted octanol–water partition coefficient (Wildman–Crippen LogP) is 4.88. The van der Waals surface area contributed by atoms with Gasteiger partial charge in [0.05, 0.1) is 17.7 Å². The summed E-state index contributed by atoms with van der Waals surface area (Å²) < 4.78 is 28.9. The van der Waals surface area contributed by atoms with E-state index in [0.29, 0.717) is 11.8 Å². The summed E-state index contributed by atoms with van der Waals surface area (Å²) in [6.45, 7) is 6.85. The first-order valence-electron chi connectivity index (χ1n) is 9.24. The van der Waals surface area contributed by atoms with E-state index in [1.165, 1.54) is 17.0 Å². The number of carbonyl (C=O) groups is 1. The molecule has 4 nitrogen and oxygen atoms in total. The van der Waals surface area contributed by atoms with E-state index in [0.717, 1.165) is 5.56 Å². The lowest BCUT2D eigenvalue weighted by molar-refractivity contribution is -0.129. The smallest absolute Gasteiger partial charge is 0.292 e. The van der Waals surface area contributed by atoms with Crippen LogP contribution in [0, 0.1) is 11.3 Å². The number of allylic oxidation sites excluding steroid dienone is 1. The standard InChI is InChI=1S/C23H25F2N3O/c1-6-23(24,25)21-14-20(13-12-19(21)15-26)28(17(3)22(29)27(4)5)16(2)18-10-8-7-9-11-18/h6-14,16-17H,1H2,2-5H3/t16?,17-/m0/s1. The van der Waals surface area contributed by atoms with Gasteiger partial charge in [-0.15, -0.1) is 0 Å². The van der Waals surface area contributed by atoms with E-state index >= 15 is 0 Å². The number of nitriles is 1. The van der Waals surface area contributed by atoms with E-state index in [-0.39, 0.29) is 17.5 Å². The Labute approximate surface area is 170 Å². The quantitative estimate of drug-likeness (QED) is 0.626. The van der Waals surface area contributed by atoms with Gasteiger partial charge in [-0.3, -0.25) is 4.79 Å². The highest BCUT2D eigenvalue weighted by Crippen LogP contribution is 2.37. The van der Waals surface area contributed by atoms with E-state index in [2.05, 4.69) is 6.58 Å². The first-order valence-corrected chi connectivity index (χ1v) is 9.24. The number of halogens is 2. The molecule has 0 fully saturated rings. The van der Waals surface area contributed by atoms with Crippen LogP contribution in [0.4, 0.5) is 14.5 Å². The van der Waals surface area contributed by atoms with Gasteiger partial charge < -0.3 is 9.80 Å². The minimum atomic E-state index is -3.36. The zero-order valence-corrected chi connectivity index (χ0v) is 17.1. The zero-order chi connectivity index (χ0) is 21.8. The van der Waals surface area contributed by atoms with Gasteiger partial charge in [-0.1, -0.05) is 36.9 Å². The molecule has 152 valence electrons. The normalized spacial score (nSPS) is 13.1. The van der Waals surface area contributed by atoms with Crippen molar-refractivity contribution in [1.29, 1.82) is 5.26 Å². The summed E-state index contributed by atoms with van der Waals surface area (Å²) in [4.78, 5) is 16.0. The average molecular weight is 397 g/mol. The number of hydrogen-bond acceptors (Lipinski definition) is 3. The van der Waals surface area contributed by atoms with Crippen LogP contribution in [0.5, 0.6) is 0 Å². The fraction of sp³-hybridized carbons (Fsp3) is 0.304. The van der Waals surface area contributed by atoms with Crippen LogP contribution in [0.25, 0.3) is 0 Å². The Kier molecular flexibility index (Phi) is 6.76. The number of hydrogen-bond donors (Lipinski definition) is 0. The molecule has 0 heterocycles. The molecule has 0 aliphatic rings.